The van der Waals surface area contributed by atoms with Crippen molar-refractivity contribution in [3.63, 3.8) is 0 Å². The van der Waals surface area contributed by atoms with Gasteiger partial charge in [-0.2, -0.15) is 0 Å². The number of carbonyl (C=O) groups is 5. The van der Waals surface area contributed by atoms with Gasteiger partial charge in [0.1, 0.15) is 22.6 Å². The number of methoxy groups -OCH3 is 1. The number of halogens is 1. The molecule has 322 valence electrons. The fourth-order valence-electron chi connectivity index (χ4n) is 7.66. The van der Waals surface area contributed by atoms with Gasteiger partial charge in [-0.15, -0.1) is 11.3 Å². The number of hydrogen-bond donors (Lipinski definition) is 2. The topological polar surface area (TPSA) is 147 Å². The quantitative estimate of drug-likeness (QED) is 0.116. The zero-order valence-corrected chi connectivity index (χ0v) is 36.6. The number of ether oxygens (including phenoxy) is 2. The van der Waals surface area contributed by atoms with Crippen molar-refractivity contribution in [1.82, 2.24) is 25.4 Å². The number of thiazole rings is 1. The van der Waals surface area contributed by atoms with Crippen LogP contribution in [0.4, 0.5) is 4.39 Å². The van der Waals surface area contributed by atoms with Gasteiger partial charge < -0.3 is 25.0 Å². The smallest absolute Gasteiger partial charge is 0.308 e. The molecule has 1 saturated heterocycles. The normalized spacial score (nSPS) is 17.5. The molecule has 2 aromatic carbocycles. The second kappa shape index (κ2) is 22.6. The molecule has 0 radical (unpaired) electrons. The van der Waals surface area contributed by atoms with Crippen molar-refractivity contribution in [2.75, 3.05) is 20.7 Å². The van der Waals surface area contributed by atoms with Gasteiger partial charge in [0.05, 0.1) is 19.1 Å². The molecule has 0 bridgehead atoms. The molecule has 1 aliphatic rings. The maximum atomic E-state index is 15.0. The number of nitrogens with zero attached hydrogens (tertiary/aromatic N) is 3. The lowest BCUT2D eigenvalue weighted by Gasteiger charge is -2.40. The fourth-order valence-corrected chi connectivity index (χ4v) is 8.50. The molecule has 3 aromatic rings. The van der Waals surface area contributed by atoms with E-state index in [1.54, 1.807) is 24.4 Å². The Balaban J connectivity index is 1.64. The Hall–Kier alpha value is -4.69. The van der Waals surface area contributed by atoms with Gasteiger partial charge in [0, 0.05) is 37.4 Å². The highest BCUT2D eigenvalue weighted by atomic mass is 32.1. The molecule has 0 saturated carbocycles. The summed E-state index contributed by atoms with van der Waals surface area (Å²) < 4.78 is 24.5. The van der Waals surface area contributed by atoms with Crippen LogP contribution in [0.2, 0.25) is 0 Å². The van der Waals surface area contributed by atoms with Crippen molar-refractivity contribution in [3.8, 4) is 0 Å². The van der Waals surface area contributed by atoms with Crippen LogP contribution in [0.15, 0.2) is 60.0 Å². The number of hydrogen-bond acceptors (Lipinski definition) is 10. The summed E-state index contributed by atoms with van der Waals surface area (Å²) in [5.74, 6) is -3.03. The van der Waals surface area contributed by atoms with Crippen LogP contribution >= 0.6 is 11.3 Å². The third kappa shape index (κ3) is 13.7. The number of piperidine rings is 1. The number of benzene rings is 2. The summed E-state index contributed by atoms with van der Waals surface area (Å²) >= 11 is 1.17. The van der Waals surface area contributed by atoms with E-state index in [9.17, 15) is 28.4 Å². The number of esters is 2. The summed E-state index contributed by atoms with van der Waals surface area (Å²) in [6.07, 6.45) is 3.23. The molecule has 2 N–H and O–H groups in total. The maximum absolute atomic E-state index is 15.0. The molecule has 1 fully saturated rings. The summed E-state index contributed by atoms with van der Waals surface area (Å²) in [5, 5.41) is 8.13. The second-order valence-electron chi connectivity index (χ2n) is 16.2. The Morgan fingerprint density at radius 1 is 0.966 bits per heavy atom. The number of likely N-dealkylation sites (N-methyl/N-ethyl adjacent to an activating group) is 1. The van der Waals surface area contributed by atoms with Gasteiger partial charge in [-0.25, -0.2) is 9.37 Å². The van der Waals surface area contributed by atoms with E-state index in [2.05, 4.69) is 20.5 Å². The van der Waals surface area contributed by atoms with Gasteiger partial charge in [-0.1, -0.05) is 89.9 Å². The number of likely N-dealkylation sites (tertiary alicyclic amines) is 1. The van der Waals surface area contributed by atoms with Crippen molar-refractivity contribution < 1.29 is 37.8 Å². The molecule has 7 unspecified atom stereocenters. The van der Waals surface area contributed by atoms with Crippen molar-refractivity contribution in [1.29, 1.82) is 0 Å². The van der Waals surface area contributed by atoms with Crippen LogP contribution in [0, 0.1) is 23.6 Å². The maximum Gasteiger partial charge on any atom is 0.308 e. The van der Waals surface area contributed by atoms with Gasteiger partial charge in [0.15, 0.2) is 6.10 Å². The summed E-state index contributed by atoms with van der Waals surface area (Å²) in [4.78, 5) is 76.0. The minimum Gasteiger partial charge on any atom is -0.469 e. The summed E-state index contributed by atoms with van der Waals surface area (Å²) in [6, 6.07) is 13.5. The lowest BCUT2D eigenvalue weighted by Crippen LogP contribution is -2.58. The predicted molar refractivity (Wildman–Crippen MR) is 226 cm³/mol. The third-order valence-electron chi connectivity index (χ3n) is 11.3. The molecular weight excluding hydrogens is 774 g/mol. The standard InChI is InChI=1S/C45H62FN5O7S/c1-9-29(4)40(49-42(54)37-17-13-14-22-50(37)7)44(55)51(26-33-15-11-10-12-16-33)38(28(2)3)25-39(58-31(6)52)43-48-36(27-59-43)41(53)47-35(23-30(5)45(56)57-8)24-32-18-20-34(46)21-19-32/h10-12,15-16,18-21,27-30,35,37-40H,9,13-14,17,22-26H2,1-8H3,(H,47,53)(H,49,54). The molecule has 4 rings (SSSR count). The van der Waals surface area contributed by atoms with Crippen molar-refractivity contribution >= 4 is 41.0 Å². The summed E-state index contributed by atoms with van der Waals surface area (Å²) in [7, 11) is 3.25. The Morgan fingerprint density at radius 3 is 2.27 bits per heavy atom. The Kier molecular flexibility index (Phi) is 18.0. The Morgan fingerprint density at radius 2 is 1.66 bits per heavy atom. The molecule has 1 aliphatic heterocycles. The number of aromatic nitrogens is 1. The number of nitrogens with one attached hydrogen (secondary N) is 2. The number of carbonyl (C=O) groups excluding carboxylic acids is 5. The average molecular weight is 836 g/mol. The fraction of sp³-hybridized carbons (Fsp3) is 0.556. The summed E-state index contributed by atoms with van der Waals surface area (Å²) in [6.45, 7) is 12.1. The number of amides is 3. The van der Waals surface area contributed by atoms with Crippen LogP contribution in [0.5, 0.6) is 0 Å². The molecular formula is C45H62FN5O7S. The van der Waals surface area contributed by atoms with Crippen LogP contribution < -0.4 is 10.6 Å². The van der Waals surface area contributed by atoms with E-state index < -0.39 is 48.0 Å². The molecule has 7 atom stereocenters. The Labute approximate surface area is 352 Å². The predicted octanol–water partition coefficient (Wildman–Crippen LogP) is 6.89. The monoisotopic (exact) mass is 835 g/mol. The van der Waals surface area contributed by atoms with Gasteiger partial charge >= 0.3 is 11.9 Å². The van der Waals surface area contributed by atoms with Crippen LogP contribution in [0.1, 0.15) is 113 Å². The van der Waals surface area contributed by atoms with E-state index in [-0.39, 0.29) is 60.6 Å². The van der Waals surface area contributed by atoms with E-state index in [0.29, 0.717) is 17.8 Å². The molecule has 59 heavy (non-hydrogen) atoms. The zero-order valence-electron chi connectivity index (χ0n) is 35.7. The molecule has 12 nitrogen and oxygen atoms in total. The molecule has 14 heteroatoms. The Bertz CT molecular complexity index is 1840. The first kappa shape index (κ1) is 47.0. The molecule has 3 amide bonds. The largest absolute Gasteiger partial charge is 0.469 e. The first-order valence-corrected chi connectivity index (χ1v) is 21.6. The lowest BCUT2D eigenvalue weighted by atomic mass is 9.91. The van der Waals surface area contributed by atoms with Crippen LogP contribution in [-0.2, 0) is 41.6 Å². The van der Waals surface area contributed by atoms with Gasteiger partial charge in [-0.3, -0.25) is 28.9 Å². The SMILES string of the molecule is CCC(C)C(NC(=O)C1CCCCN1C)C(=O)N(Cc1ccccc1)C(CC(OC(C)=O)c1nc(C(=O)NC(Cc2ccc(F)cc2)CC(C)C(=O)OC)cs1)C(C)C. The van der Waals surface area contributed by atoms with E-state index >= 15 is 0 Å². The van der Waals surface area contributed by atoms with E-state index in [0.717, 1.165) is 36.9 Å². The minimum atomic E-state index is -0.903. The van der Waals surface area contributed by atoms with Gasteiger partial charge in [0.2, 0.25) is 11.8 Å². The highest BCUT2D eigenvalue weighted by Gasteiger charge is 2.39. The third-order valence-corrected chi connectivity index (χ3v) is 12.2. The van der Waals surface area contributed by atoms with E-state index in [1.807, 2.05) is 70.0 Å². The molecule has 1 aromatic heterocycles. The minimum absolute atomic E-state index is 0.0996. The highest BCUT2D eigenvalue weighted by molar-refractivity contribution is 7.09. The lowest BCUT2D eigenvalue weighted by molar-refractivity contribution is -0.150. The van der Waals surface area contributed by atoms with Crippen LogP contribution in [-0.4, -0.2) is 89.3 Å². The molecule has 0 spiro atoms. The summed E-state index contributed by atoms with van der Waals surface area (Å²) in [5.41, 5.74) is 1.78. The second-order valence-corrected chi connectivity index (χ2v) is 17.1. The van der Waals surface area contributed by atoms with Gasteiger partial charge in [0.25, 0.3) is 5.91 Å². The van der Waals surface area contributed by atoms with Crippen LogP contribution in [0.25, 0.3) is 0 Å². The van der Waals surface area contributed by atoms with Crippen LogP contribution in [0.3, 0.4) is 0 Å². The van der Waals surface area contributed by atoms with Gasteiger partial charge in [-0.05, 0) is 74.4 Å². The van der Waals surface area contributed by atoms with E-state index in [4.69, 9.17) is 9.47 Å². The number of rotatable bonds is 20. The van der Waals surface area contributed by atoms with E-state index in [1.165, 1.54) is 37.5 Å². The first-order chi connectivity index (χ1) is 28.1. The first-order valence-electron chi connectivity index (χ1n) is 20.7. The zero-order chi connectivity index (χ0) is 43.2. The highest BCUT2D eigenvalue weighted by Crippen LogP contribution is 2.32. The molecule has 2 heterocycles. The van der Waals surface area contributed by atoms with Crippen molar-refractivity contribution in [3.05, 3.63) is 87.6 Å². The molecule has 0 aliphatic carbocycles. The van der Waals surface area contributed by atoms with Crippen molar-refractivity contribution in [2.45, 2.75) is 123 Å². The average Bonchev–Trinajstić information content (AvgIpc) is 3.72. The van der Waals surface area contributed by atoms with Crippen molar-refractivity contribution in [2.24, 2.45) is 17.8 Å².